The first-order chi connectivity index (χ1) is 21.7. The molecule has 1 fully saturated rings. The van der Waals surface area contributed by atoms with Gasteiger partial charge in [-0.05, 0) is 71.5 Å². The monoisotopic (exact) mass is 636 g/mol. The molecule has 3 unspecified atom stereocenters. The van der Waals surface area contributed by atoms with E-state index < -0.39 is 33.5 Å². The van der Waals surface area contributed by atoms with Crippen molar-refractivity contribution < 1.29 is 42.0 Å². The molecule has 0 spiro atoms. The number of fused-ring (bicyclic) bond motifs is 2. The number of amides is 2. The molecule has 2 heterocycles. The van der Waals surface area contributed by atoms with Gasteiger partial charge in [-0.2, -0.15) is 8.42 Å². The number of carbonyl (C=O) groups is 2. The van der Waals surface area contributed by atoms with Crippen molar-refractivity contribution in [2.45, 2.75) is 62.4 Å². The van der Waals surface area contributed by atoms with E-state index in [-0.39, 0.29) is 30.2 Å². The van der Waals surface area contributed by atoms with Gasteiger partial charge in [-0.15, -0.1) is 0 Å². The summed E-state index contributed by atoms with van der Waals surface area (Å²) in [5.74, 6) is -0.0401. The molecule has 238 valence electrons. The molecule has 3 aromatic carbocycles. The summed E-state index contributed by atoms with van der Waals surface area (Å²) >= 11 is 0. The molecule has 0 saturated carbocycles. The Kier molecular flexibility index (Phi) is 10.1. The summed E-state index contributed by atoms with van der Waals surface area (Å²) in [6, 6.07) is 20.4. The Morgan fingerprint density at radius 2 is 1.44 bits per heavy atom. The van der Waals surface area contributed by atoms with Gasteiger partial charge in [0, 0.05) is 24.9 Å². The van der Waals surface area contributed by atoms with Gasteiger partial charge in [-0.3, -0.25) is 14.8 Å². The summed E-state index contributed by atoms with van der Waals surface area (Å²) in [5, 5.41) is 20.3. The number of phenolic OH excluding ortho intramolecular Hbond substituents is 1. The van der Waals surface area contributed by atoms with Gasteiger partial charge >= 0.3 is 10.1 Å². The number of hydroxylamine groups is 1. The number of unbranched alkanes of at least 4 members (excludes halogenated alkanes) is 3. The average molecular weight is 637 g/mol. The third kappa shape index (κ3) is 7.47. The summed E-state index contributed by atoms with van der Waals surface area (Å²) < 4.78 is 44.3. The van der Waals surface area contributed by atoms with Crippen molar-refractivity contribution in [1.29, 1.82) is 0 Å². The van der Waals surface area contributed by atoms with Gasteiger partial charge in [0.05, 0.1) is 13.2 Å². The number of ether oxygens (including phenoxy) is 2. The summed E-state index contributed by atoms with van der Waals surface area (Å²) in [5.41, 5.74) is 5.32. The number of hydrogen-bond donors (Lipinski definition) is 4. The molecule has 0 aromatic heterocycles. The lowest BCUT2D eigenvalue weighted by molar-refractivity contribution is -0.129. The third-order valence-corrected chi connectivity index (χ3v) is 9.57. The predicted octanol–water partition coefficient (Wildman–Crippen LogP) is 5.04. The second kappa shape index (κ2) is 14.1. The summed E-state index contributed by atoms with van der Waals surface area (Å²) in [7, 11) is -2.70. The van der Waals surface area contributed by atoms with Gasteiger partial charge in [0.25, 0.3) is 0 Å². The van der Waals surface area contributed by atoms with Gasteiger partial charge in [-0.1, -0.05) is 49.2 Å². The minimum absolute atomic E-state index is 0.0984. The first-order valence-electron chi connectivity index (χ1n) is 14.8. The van der Waals surface area contributed by atoms with Crippen molar-refractivity contribution in [1.82, 2.24) is 5.48 Å². The van der Waals surface area contributed by atoms with Crippen LogP contribution in [-0.2, 0) is 24.4 Å². The largest absolute Gasteiger partial charge is 0.508 e. The van der Waals surface area contributed by atoms with Gasteiger partial charge in [0.1, 0.15) is 17.1 Å². The first-order valence-corrected chi connectivity index (χ1v) is 16.3. The van der Waals surface area contributed by atoms with Crippen LogP contribution < -0.4 is 19.7 Å². The van der Waals surface area contributed by atoms with E-state index in [1.807, 2.05) is 12.1 Å². The number of methoxy groups -OCH3 is 1. The SMILES string of the molecule is COc1ccccc1OS(=O)(=O)C1CC2OC1C(c1ccc(NC(=O)CCCCCCC(=O)NO)cc1)=C2c1ccc(O)cc1. The Morgan fingerprint density at radius 1 is 0.844 bits per heavy atom. The van der Waals surface area contributed by atoms with Crippen molar-refractivity contribution in [3.05, 3.63) is 83.9 Å². The van der Waals surface area contributed by atoms with Crippen LogP contribution in [0.15, 0.2) is 72.8 Å². The number of phenols is 1. The Balaban J connectivity index is 1.32. The zero-order valence-corrected chi connectivity index (χ0v) is 25.6. The second-order valence-electron chi connectivity index (χ2n) is 11.0. The average Bonchev–Trinajstić information content (AvgIpc) is 3.64. The number of rotatable bonds is 14. The maximum absolute atomic E-state index is 13.6. The highest BCUT2D eigenvalue weighted by molar-refractivity contribution is 7.87. The molecule has 2 aliphatic rings. The second-order valence-corrected chi connectivity index (χ2v) is 12.8. The van der Waals surface area contributed by atoms with Crippen LogP contribution in [0.25, 0.3) is 11.1 Å². The molecule has 1 saturated heterocycles. The molecular weight excluding hydrogens is 600 g/mol. The van der Waals surface area contributed by atoms with Crippen LogP contribution in [0.4, 0.5) is 5.69 Å². The number of nitrogens with one attached hydrogen (secondary N) is 2. The minimum atomic E-state index is -4.14. The first kappa shape index (κ1) is 32.0. The zero-order valence-electron chi connectivity index (χ0n) is 24.8. The fourth-order valence-electron chi connectivity index (χ4n) is 5.80. The number of aromatic hydroxyl groups is 1. The van der Waals surface area contributed by atoms with E-state index >= 15 is 0 Å². The summed E-state index contributed by atoms with van der Waals surface area (Å²) in [6.07, 6.45) is 2.33. The molecule has 12 heteroatoms. The maximum Gasteiger partial charge on any atom is 0.315 e. The number of benzene rings is 3. The molecular formula is C33H36N2O9S. The molecule has 0 radical (unpaired) electrons. The molecule has 2 bridgehead atoms. The lowest BCUT2D eigenvalue weighted by Gasteiger charge is -2.25. The normalized spacial score (nSPS) is 18.9. The molecule has 2 aliphatic heterocycles. The molecule has 45 heavy (non-hydrogen) atoms. The predicted molar refractivity (Wildman–Crippen MR) is 167 cm³/mol. The van der Waals surface area contributed by atoms with Gasteiger partial charge in [0.15, 0.2) is 11.5 Å². The lowest BCUT2D eigenvalue weighted by Crippen LogP contribution is -2.35. The minimum Gasteiger partial charge on any atom is -0.508 e. The Hall–Kier alpha value is -4.39. The summed E-state index contributed by atoms with van der Waals surface area (Å²) in [6.45, 7) is 0. The van der Waals surface area contributed by atoms with Crippen molar-refractivity contribution >= 4 is 38.8 Å². The van der Waals surface area contributed by atoms with E-state index in [0.29, 0.717) is 36.3 Å². The van der Waals surface area contributed by atoms with Crippen LogP contribution in [0.3, 0.4) is 0 Å². The highest BCUT2D eigenvalue weighted by Crippen LogP contribution is 2.51. The van der Waals surface area contributed by atoms with Crippen LogP contribution in [0.5, 0.6) is 17.2 Å². The molecule has 11 nitrogen and oxygen atoms in total. The molecule has 3 aromatic rings. The highest BCUT2D eigenvalue weighted by atomic mass is 32.2. The molecule has 0 aliphatic carbocycles. The van der Waals surface area contributed by atoms with Crippen LogP contribution >= 0.6 is 0 Å². The quantitative estimate of drug-likeness (QED) is 0.0822. The molecule has 4 N–H and O–H groups in total. The van der Waals surface area contributed by atoms with E-state index in [1.54, 1.807) is 60.1 Å². The molecule has 3 atom stereocenters. The fraction of sp³-hybridized carbons (Fsp3) is 0.333. The van der Waals surface area contributed by atoms with Crippen LogP contribution in [0.1, 0.15) is 56.1 Å². The Bertz CT molecular complexity index is 1650. The standard InChI is InChI=1S/C33H36N2O9S/c1-42-25-8-6-7-9-26(25)44-45(40,41)28-20-27-31(21-14-18-24(36)19-15-21)32(33(28)43-27)22-12-16-23(17-13-22)34-29(37)10-4-2-3-5-11-30(38)35-39/h6-9,12-19,27-28,33,36,39H,2-5,10-11,20H2,1H3,(H,34,37)(H,35,38). The van der Waals surface area contributed by atoms with E-state index in [2.05, 4.69) is 5.32 Å². The topological polar surface area (TPSA) is 160 Å². The van der Waals surface area contributed by atoms with Crippen LogP contribution in [0.2, 0.25) is 0 Å². The third-order valence-electron chi connectivity index (χ3n) is 7.98. The van der Waals surface area contributed by atoms with Crippen molar-refractivity contribution in [2.75, 3.05) is 12.4 Å². The van der Waals surface area contributed by atoms with E-state index in [1.165, 1.54) is 13.2 Å². The van der Waals surface area contributed by atoms with E-state index in [4.69, 9.17) is 18.9 Å². The van der Waals surface area contributed by atoms with E-state index in [9.17, 15) is 23.1 Å². The lowest BCUT2D eigenvalue weighted by atomic mass is 9.83. The number of carbonyl (C=O) groups excluding carboxylic acids is 2. The van der Waals surface area contributed by atoms with Crippen molar-refractivity contribution in [3.8, 4) is 17.2 Å². The van der Waals surface area contributed by atoms with Crippen LogP contribution in [0, 0.1) is 0 Å². The zero-order chi connectivity index (χ0) is 32.0. The summed E-state index contributed by atoms with van der Waals surface area (Å²) in [4.78, 5) is 23.6. The van der Waals surface area contributed by atoms with Crippen molar-refractivity contribution in [2.24, 2.45) is 0 Å². The Morgan fingerprint density at radius 3 is 2.09 bits per heavy atom. The van der Waals surface area contributed by atoms with Crippen LogP contribution in [-0.4, -0.2) is 55.1 Å². The number of anilines is 1. The number of hydrogen-bond acceptors (Lipinski definition) is 9. The van der Waals surface area contributed by atoms with Gasteiger partial charge in [0.2, 0.25) is 11.8 Å². The number of para-hydroxylation sites is 2. The van der Waals surface area contributed by atoms with Gasteiger partial charge in [-0.25, -0.2) is 5.48 Å². The van der Waals surface area contributed by atoms with Crippen molar-refractivity contribution in [3.63, 3.8) is 0 Å². The maximum atomic E-state index is 13.6. The molecule has 5 rings (SSSR count). The Labute approximate surface area is 261 Å². The van der Waals surface area contributed by atoms with E-state index in [0.717, 1.165) is 29.5 Å². The fourth-order valence-corrected chi connectivity index (χ4v) is 7.23. The highest BCUT2D eigenvalue weighted by Gasteiger charge is 2.53. The smallest absolute Gasteiger partial charge is 0.315 e. The van der Waals surface area contributed by atoms with Gasteiger partial charge < -0.3 is 24.1 Å². The molecule has 2 amide bonds.